The fourth-order valence-corrected chi connectivity index (χ4v) is 4.58. The van der Waals surface area contributed by atoms with E-state index in [0.29, 0.717) is 35.4 Å². The van der Waals surface area contributed by atoms with Gasteiger partial charge in [0.15, 0.2) is 5.82 Å². The predicted octanol–water partition coefficient (Wildman–Crippen LogP) is 1.86. The minimum Gasteiger partial charge on any atom is -0.341 e. The number of benzene rings is 1. The molecular formula is C15H14FI2N5O2. The highest BCUT2D eigenvalue weighted by molar-refractivity contribution is 14.1. The van der Waals surface area contributed by atoms with Crippen molar-refractivity contribution in [3.63, 3.8) is 0 Å². The van der Waals surface area contributed by atoms with Gasteiger partial charge in [-0.3, -0.25) is 4.79 Å². The molecule has 7 nitrogen and oxygen atoms in total. The van der Waals surface area contributed by atoms with Gasteiger partial charge >= 0.3 is 5.69 Å². The van der Waals surface area contributed by atoms with Crippen molar-refractivity contribution in [3.05, 3.63) is 27.9 Å². The van der Waals surface area contributed by atoms with Gasteiger partial charge in [-0.1, -0.05) is 0 Å². The lowest BCUT2D eigenvalue weighted by Crippen LogP contribution is -2.57. The van der Waals surface area contributed by atoms with Crippen molar-refractivity contribution < 1.29 is 9.18 Å². The molecule has 0 aliphatic carbocycles. The number of halogens is 3. The second-order valence-electron chi connectivity index (χ2n) is 6.22. The second-order valence-corrected chi connectivity index (χ2v) is 8.55. The zero-order chi connectivity index (χ0) is 18.0. The second kappa shape index (κ2) is 6.01. The third-order valence-corrected chi connectivity index (χ3v) is 6.57. The van der Waals surface area contributed by atoms with Crippen LogP contribution >= 0.6 is 45.7 Å². The molecule has 4 rings (SSSR count). The molecule has 0 N–H and O–H groups in total. The standard InChI is InChI=1S/C15H14FI2N5O2/c1-7-5-8-10-12(11(7)16)20(2)14(24)9-6-21(17)3-4-22(9)13(10)19-15(25)23(8)18/h5,9H,3-4,6H2,1-2H3. The first kappa shape index (κ1) is 17.4. The van der Waals surface area contributed by atoms with Gasteiger partial charge in [-0.2, -0.15) is 4.98 Å². The van der Waals surface area contributed by atoms with Crippen LogP contribution in [0.1, 0.15) is 5.56 Å². The lowest BCUT2D eigenvalue weighted by atomic mass is 10.1. The number of fused-ring (bicyclic) bond motifs is 2. The number of carbonyl (C=O) groups excluding carboxylic acids is 1. The van der Waals surface area contributed by atoms with Crippen molar-refractivity contribution in [2.24, 2.45) is 0 Å². The molecule has 2 aliphatic rings. The quantitative estimate of drug-likeness (QED) is 0.359. The summed E-state index contributed by atoms with van der Waals surface area (Å²) in [5, 5.41) is 0.511. The van der Waals surface area contributed by atoms with Gasteiger partial charge in [-0.05, 0) is 18.6 Å². The van der Waals surface area contributed by atoms with E-state index in [1.54, 1.807) is 20.0 Å². The number of aryl methyl sites for hydroxylation is 1. The lowest BCUT2D eigenvalue weighted by molar-refractivity contribution is -0.120. The number of piperazine rings is 1. The Morgan fingerprint density at radius 3 is 2.72 bits per heavy atom. The number of anilines is 2. The number of likely N-dealkylation sites (N-methyl/N-ethyl adjacent to an activating group) is 1. The van der Waals surface area contributed by atoms with Crippen LogP contribution in [0.3, 0.4) is 0 Å². The van der Waals surface area contributed by atoms with Crippen molar-refractivity contribution in [3.8, 4) is 0 Å². The van der Waals surface area contributed by atoms with Gasteiger partial charge in [-0.25, -0.2) is 15.1 Å². The Labute approximate surface area is 170 Å². The molecule has 0 bridgehead atoms. The van der Waals surface area contributed by atoms with Crippen LogP contribution in [0.15, 0.2) is 10.9 Å². The molecule has 0 spiro atoms. The summed E-state index contributed by atoms with van der Waals surface area (Å²) in [7, 11) is 1.59. The summed E-state index contributed by atoms with van der Waals surface area (Å²) in [6.45, 7) is 3.41. The number of hydrogen-bond acceptors (Lipinski definition) is 5. The van der Waals surface area contributed by atoms with Crippen LogP contribution in [0, 0.1) is 12.7 Å². The first-order valence-corrected chi connectivity index (χ1v) is 9.61. The molecule has 1 aromatic carbocycles. The molecule has 0 radical (unpaired) electrons. The van der Waals surface area contributed by atoms with Crippen LogP contribution in [0.5, 0.6) is 0 Å². The van der Waals surface area contributed by atoms with E-state index in [9.17, 15) is 14.0 Å². The third kappa shape index (κ3) is 2.47. The lowest BCUT2D eigenvalue weighted by Gasteiger charge is -2.38. The van der Waals surface area contributed by atoms with Gasteiger partial charge in [0.2, 0.25) is 0 Å². The van der Waals surface area contributed by atoms with Crippen molar-refractivity contribution in [1.82, 2.24) is 10.9 Å². The van der Waals surface area contributed by atoms with Gasteiger partial charge in [0.05, 0.1) is 39.5 Å². The Morgan fingerprint density at radius 1 is 1.28 bits per heavy atom. The van der Waals surface area contributed by atoms with Crippen molar-refractivity contribution in [2.75, 3.05) is 36.5 Å². The van der Waals surface area contributed by atoms with E-state index in [0.717, 1.165) is 6.54 Å². The highest BCUT2D eigenvalue weighted by atomic mass is 127. The monoisotopic (exact) mass is 569 g/mol. The number of amides is 1. The maximum absolute atomic E-state index is 15.0. The molecule has 0 saturated carbocycles. The first-order chi connectivity index (χ1) is 11.8. The summed E-state index contributed by atoms with van der Waals surface area (Å²) in [5.74, 6) is -0.251. The highest BCUT2D eigenvalue weighted by Crippen LogP contribution is 2.41. The van der Waals surface area contributed by atoms with Crippen LogP contribution in [0.2, 0.25) is 0 Å². The number of carbonyl (C=O) groups is 1. The number of hydrogen-bond donors (Lipinski definition) is 0. The van der Waals surface area contributed by atoms with Gasteiger partial charge in [-0.15, -0.1) is 0 Å². The Balaban J connectivity index is 2.15. The van der Waals surface area contributed by atoms with Crippen molar-refractivity contribution in [1.29, 1.82) is 0 Å². The molecule has 1 fully saturated rings. The van der Waals surface area contributed by atoms with Crippen molar-refractivity contribution in [2.45, 2.75) is 13.0 Å². The minimum atomic E-state index is -0.497. The summed E-state index contributed by atoms with van der Waals surface area (Å²) in [6, 6.07) is 1.14. The Hall–Kier alpha value is -1.02. The van der Waals surface area contributed by atoms with E-state index >= 15 is 0 Å². The SMILES string of the molecule is Cc1cc2c3c(nc(=O)n2I)N2CCN(I)CC2C(=O)N(C)c3c1F. The summed E-state index contributed by atoms with van der Waals surface area (Å²) in [4.78, 5) is 32.8. The molecule has 10 heteroatoms. The van der Waals surface area contributed by atoms with Gasteiger partial charge in [0.25, 0.3) is 5.91 Å². The number of aromatic nitrogens is 2. The van der Waals surface area contributed by atoms with Crippen LogP contribution in [-0.2, 0) is 4.79 Å². The largest absolute Gasteiger partial charge is 0.359 e. The fraction of sp³-hybridized carbons (Fsp3) is 0.400. The minimum absolute atomic E-state index is 0.197. The molecule has 1 saturated heterocycles. The topological polar surface area (TPSA) is 61.7 Å². The maximum Gasteiger partial charge on any atom is 0.359 e. The normalized spacial score (nSPS) is 20.8. The highest BCUT2D eigenvalue weighted by Gasteiger charge is 2.40. The summed E-state index contributed by atoms with van der Waals surface area (Å²) in [5.41, 5.74) is 0.733. The molecule has 25 heavy (non-hydrogen) atoms. The Morgan fingerprint density at radius 2 is 2.00 bits per heavy atom. The molecule has 2 aromatic rings. The van der Waals surface area contributed by atoms with Gasteiger partial charge in [0, 0.05) is 49.5 Å². The molecular weight excluding hydrogens is 555 g/mol. The van der Waals surface area contributed by atoms with Crippen LogP contribution in [0.25, 0.3) is 10.9 Å². The van der Waals surface area contributed by atoms with E-state index < -0.39 is 17.5 Å². The summed E-state index contributed by atoms with van der Waals surface area (Å²) >= 11 is 4.05. The average molecular weight is 569 g/mol. The Bertz CT molecular complexity index is 979. The molecule has 1 atom stereocenters. The maximum atomic E-state index is 15.0. The van der Waals surface area contributed by atoms with E-state index in [-0.39, 0.29) is 11.6 Å². The smallest absolute Gasteiger partial charge is 0.341 e. The van der Waals surface area contributed by atoms with Crippen molar-refractivity contribution >= 4 is 74.0 Å². The average Bonchev–Trinajstić information content (AvgIpc) is 2.66. The molecule has 1 unspecified atom stereocenters. The zero-order valence-electron chi connectivity index (χ0n) is 13.5. The predicted molar refractivity (Wildman–Crippen MR) is 110 cm³/mol. The van der Waals surface area contributed by atoms with Gasteiger partial charge in [0.1, 0.15) is 11.9 Å². The molecule has 2 aliphatic heterocycles. The molecule has 1 aromatic heterocycles. The molecule has 1 amide bonds. The molecule has 132 valence electrons. The Kier molecular flexibility index (Phi) is 4.18. The van der Waals surface area contributed by atoms with E-state index in [1.165, 1.54) is 7.68 Å². The van der Waals surface area contributed by atoms with Crippen LogP contribution in [-0.4, -0.2) is 49.5 Å². The fourth-order valence-electron chi connectivity index (χ4n) is 3.50. The van der Waals surface area contributed by atoms with E-state index in [4.69, 9.17) is 0 Å². The van der Waals surface area contributed by atoms with E-state index in [1.807, 2.05) is 30.9 Å². The van der Waals surface area contributed by atoms with Crippen LogP contribution < -0.4 is 15.5 Å². The summed E-state index contributed by atoms with van der Waals surface area (Å²) < 4.78 is 18.4. The zero-order valence-corrected chi connectivity index (χ0v) is 17.8. The number of rotatable bonds is 0. The third-order valence-electron chi connectivity index (χ3n) is 4.76. The van der Waals surface area contributed by atoms with E-state index in [2.05, 4.69) is 27.8 Å². The van der Waals surface area contributed by atoms with Crippen LogP contribution in [0.4, 0.5) is 15.9 Å². The van der Waals surface area contributed by atoms with Gasteiger partial charge < -0.3 is 9.80 Å². The molecule has 3 heterocycles. The summed E-state index contributed by atoms with van der Waals surface area (Å²) in [6.07, 6.45) is 0. The number of nitrogens with zero attached hydrogens (tertiary/aromatic N) is 5. The first-order valence-electron chi connectivity index (χ1n) is 7.68.